The van der Waals surface area contributed by atoms with Crippen molar-refractivity contribution >= 4 is 22.8 Å². The van der Waals surface area contributed by atoms with E-state index in [0.29, 0.717) is 12.0 Å². The monoisotopic (exact) mass is 224 g/mol. The molecule has 80 valence electrons. The van der Waals surface area contributed by atoms with Gasteiger partial charge >= 0.3 is 5.97 Å². The van der Waals surface area contributed by atoms with Crippen molar-refractivity contribution < 1.29 is 14.7 Å². The van der Waals surface area contributed by atoms with Crippen molar-refractivity contribution in [2.75, 3.05) is 0 Å². The van der Waals surface area contributed by atoms with Gasteiger partial charge in [0.25, 0.3) is 0 Å². The molecule has 1 N–H and O–H groups in total. The van der Waals surface area contributed by atoms with Gasteiger partial charge in [0.05, 0.1) is 0 Å². The minimum absolute atomic E-state index is 0.190. The molecule has 0 fully saturated rings. The average Bonchev–Trinajstić information content (AvgIpc) is 2.26. The summed E-state index contributed by atoms with van der Waals surface area (Å²) >= 11 is 0.867. The Labute approximate surface area is 92.5 Å². The minimum Gasteiger partial charge on any atom is -0.480 e. The molecule has 1 aromatic rings. The zero-order valence-electron chi connectivity index (χ0n) is 8.34. The van der Waals surface area contributed by atoms with E-state index in [4.69, 9.17) is 5.11 Å². The molecule has 0 heterocycles. The van der Waals surface area contributed by atoms with Crippen LogP contribution in [0.5, 0.6) is 0 Å². The van der Waals surface area contributed by atoms with Crippen molar-refractivity contribution in [1.82, 2.24) is 0 Å². The highest BCUT2D eigenvalue weighted by molar-refractivity contribution is 8.15. The quantitative estimate of drug-likeness (QED) is 0.853. The normalized spacial score (nSPS) is 12.1. The summed E-state index contributed by atoms with van der Waals surface area (Å²) in [4.78, 5) is 22.3. The fraction of sp³-hybridized carbons (Fsp3) is 0.273. The van der Waals surface area contributed by atoms with Crippen LogP contribution in [0, 0.1) is 0 Å². The lowest BCUT2D eigenvalue weighted by Crippen LogP contribution is -2.17. The van der Waals surface area contributed by atoms with Crippen molar-refractivity contribution in [3.63, 3.8) is 0 Å². The highest BCUT2D eigenvalue weighted by Gasteiger charge is 2.20. The number of aliphatic carboxylic acids is 1. The van der Waals surface area contributed by atoms with Gasteiger partial charge in [-0.2, -0.15) is 0 Å². The molecule has 0 aliphatic rings. The zero-order valence-corrected chi connectivity index (χ0v) is 9.16. The molecular weight excluding hydrogens is 212 g/mol. The Hall–Kier alpha value is -1.29. The maximum Gasteiger partial charge on any atom is 0.317 e. The van der Waals surface area contributed by atoms with Gasteiger partial charge in [-0.15, -0.1) is 0 Å². The van der Waals surface area contributed by atoms with E-state index in [1.165, 1.54) is 0 Å². The first-order chi connectivity index (χ1) is 7.15. The Morgan fingerprint density at radius 1 is 1.33 bits per heavy atom. The topological polar surface area (TPSA) is 54.4 Å². The van der Waals surface area contributed by atoms with E-state index < -0.39 is 11.2 Å². The maximum atomic E-state index is 11.6. The van der Waals surface area contributed by atoms with E-state index >= 15 is 0 Å². The summed E-state index contributed by atoms with van der Waals surface area (Å²) in [6.45, 7) is 1.75. The van der Waals surface area contributed by atoms with Gasteiger partial charge in [-0.1, -0.05) is 49.0 Å². The molecule has 1 atom stereocenters. The second-order valence-corrected chi connectivity index (χ2v) is 4.18. The van der Waals surface area contributed by atoms with Crippen LogP contribution in [0.4, 0.5) is 0 Å². The largest absolute Gasteiger partial charge is 0.480 e. The molecule has 4 heteroatoms. The molecule has 1 unspecified atom stereocenters. The second kappa shape index (κ2) is 5.56. The van der Waals surface area contributed by atoms with E-state index in [0.717, 1.165) is 11.8 Å². The fourth-order valence-corrected chi connectivity index (χ4v) is 1.88. The number of carbonyl (C=O) groups is 2. The van der Waals surface area contributed by atoms with Crippen molar-refractivity contribution in [2.45, 2.75) is 18.6 Å². The zero-order chi connectivity index (χ0) is 11.3. The number of carbonyl (C=O) groups excluding carboxylic acids is 1. The lowest BCUT2D eigenvalue weighted by atomic mass is 10.2. The third-order valence-corrected chi connectivity index (χ3v) is 3.17. The Kier molecular flexibility index (Phi) is 4.37. The predicted molar refractivity (Wildman–Crippen MR) is 60.1 cm³/mol. The molecule has 1 rings (SSSR count). The van der Waals surface area contributed by atoms with Crippen LogP contribution in [-0.4, -0.2) is 21.4 Å². The summed E-state index contributed by atoms with van der Waals surface area (Å²) in [6, 6.07) is 8.70. The summed E-state index contributed by atoms with van der Waals surface area (Å²) in [5.74, 6) is -0.938. The van der Waals surface area contributed by atoms with Crippen molar-refractivity contribution in [1.29, 1.82) is 0 Å². The summed E-state index contributed by atoms with van der Waals surface area (Å²) in [6.07, 6.45) is 0.443. The molecule has 0 saturated heterocycles. The standard InChI is InChI=1S/C11H12O3S/c1-2-9(10(12)13)15-11(14)8-6-4-3-5-7-8/h3-7,9H,2H2,1H3,(H,12,13). The fourth-order valence-electron chi connectivity index (χ4n) is 1.08. The number of thioether (sulfide) groups is 1. The second-order valence-electron chi connectivity index (χ2n) is 3.01. The minimum atomic E-state index is -0.938. The van der Waals surface area contributed by atoms with Gasteiger partial charge in [-0.05, 0) is 6.42 Å². The smallest absolute Gasteiger partial charge is 0.317 e. The molecule has 0 spiro atoms. The van der Waals surface area contributed by atoms with E-state index in [1.54, 1.807) is 31.2 Å². The molecule has 0 saturated carbocycles. The molecule has 0 radical (unpaired) electrons. The molecule has 0 aromatic heterocycles. The van der Waals surface area contributed by atoms with Crippen LogP contribution >= 0.6 is 11.8 Å². The lowest BCUT2D eigenvalue weighted by Gasteiger charge is -2.07. The van der Waals surface area contributed by atoms with E-state index in [1.807, 2.05) is 6.07 Å². The Bertz CT molecular complexity index is 348. The van der Waals surface area contributed by atoms with Crippen LogP contribution in [0.15, 0.2) is 30.3 Å². The van der Waals surface area contributed by atoms with E-state index in [2.05, 4.69) is 0 Å². The van der Waals surface area contributed by atoms with Gasteiger partial charge in [0.2, 0.25) is 5.12 Å². The first-order valence-electron chi connectivity index (χ1n) is 4.64. The Morgan fingerprint density at radius 3 is 2.40 bits per heavy atom. The van der Waals surface area contributed by atoms with Gasteiger partial charge in [0, 0.05) is 5.56 Å². The highest BCUT2D eigenvalue weighted by Crippen LogP contribution is 2.20. The van der Waals surface area contributed by atoms with Crippen LogP contribution in [0.2, 0.25) is 0 Å². The summed E-state index contributed by atoms with van der Waals surface area (Å²) in [7, 11) is 0. The molecule has 3 nitrogen and oxygen atoms in total. The van der Waals surface area contributed by atoms with Crippen LogP contribution in [-0.2, 0) is 4.79 Å². The van der Waals surface area contributed by atoms with Crippen LogP contribution < -0.4 is 0 Å². The third kappa shape index (κ3) is 3.40. The SMILES string of the molecule is CCC(SC(=O)c1ccccc1)C(=O)O. The van der Waals surface area contributed by atoms with E-state index in [-0.39, 0.29) is 5.12 Å². The van der Waals surface area contributed by atoms with Gasteiger partial charge in [0.15, 0.2) is 0 Å². The van der Waals surface area contributed by atoms with Crippen LogP contribution in [0.3, 0.4) is 0 Å². The molecular formula is C11H12O3S. The van der Waals surface area contributed by atoms with Gasteiger partial charge < -0.3 is 5.11 Å². The average molecular weight is 224 g/mol. The lowest BCUT2D eigenvalue weighted by molar-refractivity contribution is -0.136. The molecule has 0 amide bonds. The number of hydrogen-bond donors (Lipinski definition) is 1. The predicted octanol–water partition coefficient (Wildman–Crippen LogP) is 2.42. The summed E-state index contributed by atoms with van der Waals surface area (Å²) < 4.78 is 0. The van der Waals surface area contributed by atoms with Gasteiger partial charge in [-0.25, -0.2) is 0 Å². The number of rotatable bonds is 4. The molecule has 0 aliphatic carbocycles. The molecule has 15 heavy (non-hydrogen) atoms. The maximum absolute atomic E-state index is 11.6. The Balaban J connectivity index is 2.67. The highest BCUT2D eigenvalue weighted by atomic mass is 32.2. The van der Waals surface area contributed by atoms with Crippen molar-refractivity contribution in [3.8, 4) is 0 Å². The van der Waals surface area contributed by atoms with Crippen molar-refractivity contribution in [2.24, 2.45) is 0 Å². The van der Waals surface area contributed by atoms with Crippen LogP contribution in [0.25, 0.3) is 0 Å². The Morgan fingerprint density at radius 2 is 1.93 bits per heavy atom. The number of benzene rings is 1. The van der Waals surface area contributed by atoms with Crippen LogP contribution in [0.1, 0.15) is 23.7 Å². The van der Waals surface area contributed by atoms with Gasteiger partial charge in [-0.3, -0.25) is 9.59 Å². The van der Waals surface area contributed by atoms with Crippen molar-refractivity contribution in [3.05, 3.63) is 35.9 Å². The summed E-state index contributed by atoms with van der Waals surface area (Å²) in [5, 5.41) is 7.95. The first kappa shape index (κ1) is 11.8. The molecule has 0 aliphatic heterocycles. The summed E-state index contributed by atoms with van der Waals surface area (Å²) in [5.41, 5.74) is 0.544. The number of carboxylic acid groups (broad SMARTS) is 1. The van der Waals surface area contributed by atoms with E-state index in [9.17, 15) is 9.59 Å². The number of hydrogen-bond acceptors (Lipinski definition) is 3. The molecule has 0 bridgehead atoms. The first-order valence-corrected chi connectivity index (χ1v) is 5.52. The number of carboxylic acids is 1. The molecule has 1 aromatic carbocycles. The van der Waals surface area contributed by atoms with Gasteiger partial charge in [0.1, 0.15) is 5.25 Å². The third-order valence-electron chi connectivity index (χ3n) is 1.91.